The number of hydrogen-bond acceptors (Lipinski definition) is 4. The number of nitrogens with two attached hydrogens (primary N) is 1. The van der Waals surface area contributed by atoms with Gasteiger partial charge in [0, 0.05) is 12.1 Å². The molecule has 0 aliphatic heterocycles. The van der Waals surface area contributed by atoms with Crippen molar-refractivity contribution < 1.29 is 33.0 Å². The van der Waals surface area contributed by atoms with Gasteiger partial charge in [0.05, 0.1) is 31.4 Å². The van der Waals surface area contributed by atoms with Crippen molar-refractivity contribution >= 4 is 17.3 Å². The summed E-state index contributed by atoms with van der Waals surface area (Å²) in [7, 11) is 2.71. The third kappa shape index (κ3) is 4.39. The van der Waals surface area contributed by atoms with Crippen LogP contribution in [0.4, 0.5) is 24.5 Å². The van der Waals surface area contributed by atoms with Crippen LogP contribution in [-0.2, 0) is 9.57 Å². The van der Waals surface area contributed by atoms with Gasteiger partial charge in [-0.05, 0) is 25.0 Å². The topological polar surface area (TPSA) is 64.2 Å². The number of quaternary nitrogens is 1. The Morgan fingerprint density at radius 2 is 1.96 bits per heavy atom. The summed E-state index contributed by atoms with van der Waals surface area (Å²) in [4.78, 5) is 16.6. The minimum absolute atomic E-state index is 0.130. The molecular formula is C16H22F3N2O3+. The summed E-state index contributed by atoms with van der Waals surface area (Å²) in [6.07, 6.45) is -2.30. The summed E-state index contributed by atoms with van der Waals surface area (Å²) in [6.45, 7) is 0. The highest BCUT2D eigenvalue weighted by Crippen LogP contribution is 2.39. The molecule has 8 heteroatoms. The number of nitrogens with one attached hydrogen (secondary N) is 1. The van der Waals surface area contributed by atoms with Gasteiger partial charge in [-0.1, -0.05) is 12.8 Å². The maximum absolute atomic E-state index is 13.2. The minimum atomic E-state index is -4.23. The van der Waals surface area contributed by atoms with Crippen molar-refractivity contribution in [1.82, 2.24) is 0 Å². The fourth-order valence-electron chi connectivity index (χ4n) is 3.06. The SMILES string of the molecule is CO[NH2+]c1cc(C(=O)OC)ccc1NC1CCCCC1C(F)(F)F. The first kappa shape index (κ1) is 18.5. The van der Waals surface area contributed by atoms with E-state index >= 15 is 0 Å². The second kappa shape index (κ2) is 7.85. The Morgan fingerprint density at radius 3 is 2.58 bits per heavy atom. The van der Waals surface area contributed by atoms with Gasteiger partial charge in [-0.15, -0.1) is 0 Å². The Kier molecular flexibility index (Phi) is 6.06. The maximum Gasteiger partial charge on any atom is 0.393 e. The maximum atomic E-state index is 13.2. The molecule has 2 unspecified atom stereocenters. The first-order valence-electron chi connectivity index (χ1n) is 7.78. The highest BCUT2D eigenvalue weighted by molar-refractivity contribution is 5.91. The number of halogens is 3. The molecule has 1 aliphatic rings. The van der Waals surface area contributed by atoms with Crippen molar-refractivity contribution in [3.05, 3.63) is 23.8 Å². The van der Waals surface area contributed by atoms with Gasteiger partial charge in [0.2, 0.25) is 0 Å². The van der Waals surface area contributed by atoms with Crippen LogP contribution in [0.15, 0.2) is 18.2 Å². The van der Waals surface area contributed by atoms with Crippen molar-refractivity contribution in [1.29, 1.82) is 0 Å². The van der Waals surface area contributed by atoms with Crippen LogP contribution in [-0.4, -0.2) is 32.4 Å². The molecule has 0 aromatic heterocycles. The summed E-state index contributed by atoms with van der Waals surface area (Å²) in [6, 6.07) is 3.95. The number of anilines is 1. The lowest BCUT2D eigenvalue weighted by Gasteiger charge is -2.34. The largest absolute Gasteiger partial charge is 0.465 e. The summed E-state index contributed by atoms with van der Waals surface area (Å²) < 4.78 is 44.3. The molecule has 1 saturated carbocycles. The van der Waals surface area contributed by atoms with Crippen LogP contribution in [0, 0.1) is 5.92 Å². The molecule has 3 N–H and O–H groups in total. The molecule has 134 valence electrons. The molecule has 0 amide bonds. The molecule has 1 aromatic rings. The van der Waals surface area contributed by atoms with Gasteiger partial charge in [-0.2, -0.15) is 18.7 Å². The first-order chi connectivity index (χ1) is 11.4. The van der Waals surface area contributed by atoms with E-state index in [2.05, 4.69) is 10.1 Å². The van der Waals surface area contributed by atoms with Gasteiger partial charge < -0.3 is 10.1 Å². The average molecular weight is 347 g/mol. The van der Waals surface area contributed by atoms with Gasteiger partial charge >= 0.3 is 12.1 Å². The highest BCUT2D eigenvalue weighted by atomic mass is 19.4. The molecular weight excluding hydrogens is 325 g/mol. The van der Waals surface area contributed by atoms with Crippen molar-refractivity contribution in [2.45, 2.75) is 37.9 Å². The Morgan fingerprint density at radius 1 is 1.25 bits per heavy atom. The smallest absolute Gasteiger partial charge is 0.393 e. The molecule has 2 rings (SSSR count). The normalized spacial score (nSPS) is 21.4. The number of alkyl halides is 3. The van der Waals surface area contributed by atoms with E-state index in [1.54, 1.807) is 6.07 Å². The van der Waals surface area contributed by atoms with E-state index in [1.165, 1.54) is 31.8 Å². The quantitative estimate of drug-likeness (QED) is 0.488. The van der Waals surface area contributed by atoms with Crippen molar-refractivity contribution in [2.24, 2.45) is 5.92 Å². The monoisotopic (exact) mass is 347 g/mol. The van der Waals surface area contributed by atoms with E-state index in [-0.39, 0.29) is 6.42 Å². The first-order valence-corrected chi connectivity index (χ1v) is 7.78. The Labute approximate surface area is 138 Å². The molecule has 0 heterocycles. The van der Waals surface area contributed by atoms with E-state index in [9.17, 15) is 18.0 Å². The van der Waals surface area contributed by atoms with Gasteiger partial charge in [0.1, 0.15) is 0 Å². The van der Waals surface area contributed by atoms with Gasteiger partial charge in [-0.3, -0.25) is 0 Å². The van der Waals surface area contributed by atoms with E-state index in [0.717, 1.165) is 6.42 Å². The second-order valence-electron chi connectivity index (χ2n) is 5.83. The van der Waals surface area contributed by atoms with Crippen LogP contribution >= 0.6 is 0 Å². The summed E-state index contributed by atoms with van der Waals surface area (Å²) in [5.41, 5.74) is 2.71. The molecule has 2 atom stereocenters. The molecule has 0 radical (unpaired) electrons. The van der Waals surface area contributed by atoms with E-state index < -0.39 is 24.1 Å². The van der Waals surface area contributed by atoms with Crippen molar-refractivity contribution in [2.75, 3.05) is 19.5 Å². The van der Waals surface area contributed by atoms with Gasteiger partial charge in [-0.25, -0.2) is 9.63 Å². The molecule has 24 heavy (non-hydrogen) atoms. The van der Waals surface area contributed by atoms with E-state index in [1.807, 2.05) is 0 Å². The Balaban J connectivity index is 2.25. The van der Waals surface area contributed by atoms with E-state index in [0.29, 0.717) is 29.8 Å². The molecule has 0 saturated heterocycles. The van der Waals surface area contributed by atoms with Crippen molar-refractivity contribution in [3.63, 3.8) is 0 Å². The average Bonchev–Trinajstić information content (AvgIpc) is 2.55. The fourth-order valence-corrected chi connectivity index (χ4v) is 3.06. The molecule has 0 bridgehead atoms. The van der Waals surface area contributed by atoms with Gasteiger partial charge in [0.25, 0.3) is 0 Å². The van der Waals surface area contributed by atoms with Crippen molar-refractivity contribution in [3.8, 4) is 0 Å². The van der Waals surface area contributed by atoms with E-state index in [4.69, 9.17) is 4.84 Å². The van der Waals surface area contributed by atoms with Crippen LogP contribution in [0.25, 0.3) is 0 Å². The second-order valence-corrected chi connectivity index (χ2v) is 5.83. The molecule has 5 nitrogen and oxygen atoms in total. The number of methoxy groups -OCH3 is 1. The number of rotatable bonds is 5. The number of esters is 1. The number of hydrogen-bond donors (Lipinski definition) is 2. The van der Waals surface area contributed by atoms with Crippen LogP contribution < -0.4 is 10.8 Å². The molecule has 1 fully saturated rings. The van der Waals surface area contributed by atoms with Crippen LogP contribution in [0.5, 0.6) is 0 Å². The third-order valence-electron chi connectivity index (χ3n) is 4.24. The molecule has 0 spiro atoms. The lowest BCUT2D eigenvalue weighted by Crippen LogP contribution is -2.76. The Bertz CT molecular complexity index is 578. The van der Waals surface area contributed by atoms with Gasteiger partial charge in [0.15, 0.2) is 5.69 Å². The number of carbonyl (C=O) groups excluding carboxylic acids is 1. The van der Waals surface area contributed by atoms with Crippen LogP contribution in [0.2, 0.25) is 0 Å². The molecule has 1 aromatic carbocycles. The highest BCUT2D eigenvalue weighted by Gasteiger charge is 2.45. The lowest BCUT2D eigenvalue weighted by molar-refractivity contribution is -0.829. The summed E-state index contributed by atoms with van der Waals surface area (Å²) in [5, 5.41) is 2.99. The van der Waals surface area contributed by atoms with Crippen LogP contribution in [0.1, 0.15) is 36.0 Å². The lowest BCUT2D eigenvalue weighted by atomic mass is 9.84. The summed E-state index contributed by atoms with van der Waals surface area (Å²) >= 11 is 0. The minimum Gasteiger partial charge on any atom is -0.465 e. The molecule has 1 aliphatic carbocycles. The zero-order chi connectivity index (χ0) is 17.7. The number of benzene rings is 1. The number of ether oxygens (including phenoxy) is 1. The Hall–Kier alpha value is -1.80. The predicted octanol–water partition coefficient (Wildman–Crippen LogP) is 2.76. The van der Waals surface area contributed by atoms with Crippen LogP contribution in [0.3, 0.4) is 0 Å². The fraction of sp³-hybridized carbons (Fsp3) is 0.562. The summed E-state index contributed by atoms with van der Waals surface area (Å²) in [5.74, 6) is -1.89. The standard InChI is InChI=1S/C16H21F3N2O3/c1-23-15(22)10-7-8-13(14(9-10)21-24-2)20-12-6-4-3-5-11(12)16(17,18)19/h7-9,11-12,20-21H,3-6H2,1-2H3/p+1. The number of carbonyl (C=O) groups is 1. The zero-order valence-electron chi connectivity index (χ0n) is 13.7. The predicted molar refractivity (Wildman–Crippen MR) is 81.8 cm³/mol. The zero-order valence-corrected chi connectivity index (χ0v) is 13.7. The third-order valence-corrected chi connectivity index (χ3v) is 4.24.